The highest BCUT2D eigenvalue weighted by molar-refractivity contribution is 6.32. The van der Waals surface area contributed by atoms with Crippen molar-refractivity contribution in [3.05, 3.63) is 47.0 Å². The molecule has 0 radical (unpaired) electrons. The number of nitrogens with one attached hydrogen (secondary N) is 1. The van der Waals surface area contributed by atoms with Crippen molar-refractivity contribution in [2.45, 2.75) is 18.9 Å². The SMILES string of the molecule is COc1cc(NC2CCN(c3ccc(C#N)c(Cl)c3)CC2)cc(OC)c1. The summed E-state index contributed by atoms with van der Waals surface area (Å²) in [6.07, 6.45) is 2.02. The van der Waals surface area contributed by atoms with Gasteiger partial charge < -0.3 is 19.7 Å². The van der Waals surface area contributed by atoms with Crippen molar-refractivity contribution in [2.75, 3.05) is 37.5 Å². The largest absolute Gasteiger partial charge is 0.497 e. The Hall–Kier alpha value is -2.58. The first kappa shape index (κ1) is 18.2. The van der Waals surface area contributed by atoms with Gasteiger partial charge in [0, 0.05) is 48.7 Å². The lowest BCUT2D eigenvalue weighted by Crippen LogP contribution is -2.39. The van der Waals surface area contributed by atoms with Crippen LogP contribution in [0.2, 0.25) is 5.02 Å². The van der Waals surface area contributed by atoms with E-state index in [2.05, 4.69) is 16.3 Å². The molecule has 1 fully saturated rings. The number of methoxy groups -OCH3 is 2. The summed E-state index contributed by atoms with van der Waals surface area (Å²) >= 11 is 6.16. The molecule has 0 aliphatic carbocycles. The van der Waals surface area contributed by atoms with Gasteiger partial charge in [0.25, 0.3) is 0 Å². The van der Waals surface area contributed by atoms with Gasteiger partial charge in [-0.1, -0.05) is 11.6 Å². The van der Waals surface area contributed by atoms with Gasteiger partial charge >= 0.3 is 0 Å². The highest BCUT2D eigenvalue weighted by Gasteiger charge is 2.20. The van der Waals surface area contributed by atoms with Crippen molar-refractivity contribution >= 4 is 23.0 Å². The minimum Gasteiger partial charge on any atom is -0.497 e. The number of nitriles is 1. The fraction of sp³-hybridized carbons (Fsp3) is 0.350. The molecule has 0 atom stereocenters. The van der Waals surface area contributed by atoms with Gasteiger partial charge in [0.2, 0.25) is 0 Å². The van der Waals surface area contributed by atoms with Gasteiger partial charge in [0.15, 0.2) is 0 Å². The van der Waals surface area contributed by atoms with Crippen molar-refractivity contribution in [1.82, 2.24) is 0 Å². The number of hydrogen-bond donors (Lipinski definition) is 1. The van der Waals surface area contributed by atoms with Crippen molar-refractivity contribution in [3.63, 3.8) is 0 Å². The zero-order valence-electron chi connectivity index (χ0n) is 15.0. The van der Waals surface area contributed by atoms with Gasteiger partial charge in [-0.05, 0) is 31.0 Å². The Labute approximate surface area is 159 Å². The molecule has 2 aromatic rings. The zero-order chi connectivity index (χ0) is 18.5. The lowest BCUT2D eigenvalue weighted by Gasteiger charge is -2.34. The van der Waals surface area contributed by atoms with Crippen LogP contribution in [0.3, 0.4) is 0 Å². The van der Waals surface area contributed by atoms with E-state index in [-0.39, 0.29) is 0 Å². The van der Waals surface area contributed by atoms with Crippen molar-refractivity contribution in [1.29, 1.82) is 5.26 Å². The van der Waals surface area contributed by atoms with E-state index in [1.165, 1.54) is 0 Å². The summed E-state index contributed by atoms with van der Waals surface area (Å²) in [4.78, 5) is 2.30. The third-order valence-electron chi connectivity index (χ3n) is 4.66. The van der Waals surface area contributed by atoms with Crippen LogP contribution in [0.15, 0.2) is 36.4 Å². The molecule has 0 aromatic heterocycles. The number of rotatable bonds is 5. The number of nitrogens with zero attached hydrogens (tertiary/aromatic N) is 2. The van der Waals surface area contributed by atoms with Gasteiger partial charge in [0.05, 0.1) is 24.8 Å². The predicted molar refractivity (Wildman–Crippen MR) is 105 cm³/mol. The van der Waals surface area contributed by atoms with Crippen LogP contribution in [0.4, 0.5) is 11.4 Å². The van der Waals surface area contributed by atoms with E-state index in [9.17, 15) is 0 Å². The highest BCUT2D eigenvalue weighted by Crippen LogP contribution is 2.29. The van der Waals surface area contributed by atoms with E-state index in [1.807, 2.05) is 30.3 Å². The van der Waals surface area contributed by atoms with E-state index >= 15 is 0 Å². The molecule has 0 bridgehead atoms. The Morgan fingerprint density at radius 3 is 2.27 bits per heavy atom. The van der Waals surface area contributed by atoms with Gasteiger partial charge in [-0.15, -0.1) is 0 Å². The molecule has 1 aliphatic heterocycles. The number of piperidine rings is 1. The maximum Gasteiger partial charge on any atom is 0.124 e. The number of ether oxygens (including phenoxy) is 2. The molecule has 3 rings (SSSR count). The summed E-state index contributed by atoms with van der Waals surface area (Å²) < 4.78 is 10.7. The molecule has 5 nitrogen and oxygen atoms in total. The van der Waals surface area contributed by atoms with Crippen LogP contribution in [0.25, 0.3) is 0 Å². The van der Waals surface area contributed by atoms with E-state index in [1.54, 1.807) is 20.3 Å². The molecule has 136 valence electrons. The average Bonchev–Trinajstić information content (AvgIpc) is 2.68. The van der Waals surface area contributed by atoms with Gasteiger partial charge in [-0.3, -0.25) is 0 Å². The monoisotopic (exact) mass is 371 g/mol. The first-order valence-electron chi connectivity index (χ1n) is 8.57. The number of anilines is 2. The van der Waals surface area contributed by atoms with Crippen molar-refractivity contribution in [2.24, 2.45) is 0 Å². The van der Waals surface area contributed by atoms with Crippen LogP contribution >= 0.6 is 11.6 Å². The maximum atomic E-state index is 9.00. The molecule has 0 spiro atoms. The molecule has 2 aromatic carbocycles. The van der Waals surface area contributed by atoms with Crippen LogP contribution in [0, 0.1) is 11.3 Å². The van der Waals surface area contributed by atoms with E-state index in [0.717, 1.165) is 48.8 Å². The standard InChI is InChI=1S/C20H22ClN3O2/c1-25-18-9-16(10-19(12-18)26-2)23-15-5-7-24(8-6-15)17-4-3-14(13-22)20(21)11-17/h3-4,9-12,15,23H,5-8H2,1-2H3. The van der Waals surface area contributed by atoms with Crippen LogP contribution in [-0.4, -0.2) is 33.4 Å². The predicted octanol–water partition coefficient (Wildman–Crippen LogP) is 4.31. The van der Waals surface area contributed by atoms with E-state index < -0.39 is 0 Å². The lowest BCUT2D eigenvalue weighted by atomic mass is 10.0. The number of hydrogen-bond acceptors (Lipinski definition) is 5. The second kappa shape index (κ2) is 8.20. The Bertz CT molecular complexity index is 789. The molecule has 6 heteroatoms. The van der Waals surface area contributed by atoms with Gasteiger partial charge in [-0.25, -0.2) is 0 Å². The molecule has 26 heavy (non-hydrogen) atoms. The van der Waals surface area contributed by atoms with Gasteiger partial charge in [-0.2, -0.15) is 5.26 Å². The normalized spacial score (nSPS) is 14.6. The lowest BCUT2D eigenvalue weighted by molar-refractivity contribution is 0.394. The Kier molecular flexibility index (Phi) is 5.75. The molecule has 1 aliphatic rings. The molecule has 1 saturated heterocycles. The third kappa shape index (κ3) is 4.14. The van der Waals surface area contributed by atoms with Crippen LogP contribution < -0.4 is 19.7 Å². The summed E-state index contributed by atoms with van der Waals surface area (Å²) in [5.41, 5.74) is 2.58. The fourth-order valence-corrected chi connectivity index (χ4v) is 3.42. The molecular formula is C20H22ClN3O2. The summed E-state index contributed by atoms with van der Waals surface area (Å²) in [5, 5.41) is 13.1. The molecule has 0 amide bonds. The van der Waals surface area contributed by atoms with Crippen LogP contribution in [0.1, 0.15) is 18.4 Å². The summed E-state index contributed by atoms with van der Waals surface area (Å²) in [6, 6.07) is 13.9. The molecule has 1 heterocycles. The fourth-order valence-electron chi connectivity index (χ4n) is 3.20. The zero-order valence-corrected chi connectivity index (χ0v) is 15.7. The molecule has 0 saturated carbocycles. The summed E-state index contributed by atoms with van der Waals surface area (Å²) in [5.74, 6) is 1.55. The molecule has 1 N–H and O–H groups in total. The van der Waals surface area contributed by atoms with Crippen molar-refractivity contribution < 1.29 is 9.47 Å². The van der Waals surface area contributed by atoms with Gasteiger partial charge in [0.1, 0.15) is 17.6 Å². The van der Waals surface area contributed by atoms with E-state index in [0.29, 0.717) is 16.6 Å². The van der Waals surface area contributed by atoms with E-state index in [4.69, 9.17) is 26.3 Å². The van der Waals surface area contributed by atoms with Crippen LogP contribution in [0.5, 0.6) is 11.5 Å². The summed E-state index contributed by atoms with van der Waals surface area (Å²) in [7, 11) is 3.31. The molecular weight excluding hydrogens is 350 g/mol. The number of benzene rings is 2. The Morgan fingerprint density at radius 1 is 1.08 bits per heavy atom. The smallest absolute Gasteiger partial charge is 0.124 e. The number of halogens is 1. The Balaban J connectivity index is 1.62. The average molecular weight is 372 g/mol. The minimum absolute atomic E-state index is 0.386. The molecule has 0 unspecified atom stereocenters. The highest BCUT2D eigenvalue weighted by atomic mass is 35.5. The van der Waals surface area contributed by atoms with Crippen molar-refractivity contribution in [3.8, 4) is 17.6 Å². The Morgan fingerprint density at radius 2 is 1.73 bits per heavy atom. The quantitative estimate of drug-likeness (QED) is 0.848. The summed E-state index contributed by atoms with van der Waals surface area (Å²) in [6.45, 7) is 1.86. The first-order chi connectivity index (χ1) is 12.6. The maximum absolute atomic E-state index is 9.00. The second-order valence-corrected chi connectivity index (χ2v) is 6.69. The third-order valence-corrected chi connectivity index (χ3v) is 4.97. The second-order valence-electron chi connectivity index (χ2n) is 6.28. The topological polar surface area (TPSA) is 57.5 Å². The minimum atomic E-state index is 0.386. The first-order valence-corrected chi connectivity index (χ1v) is 8.95. The van der Waals surface area contributed by atoms with Crippen LogP contribution in [-0.2, 0) is 0 Å².